The van der Waals surface area contributed by atoms with Crippen LogP contribution in [0.1, 0.15) is 11.1 Å². The second-order valence-electron chi connectivity index (χ2n) is 12.2. The number of rotatable bonds is 6. The molecule has 0 aliphatic carbocycles. The van der Waals surface area contributed by atoms with Gasteiger partial charge in [0.25, 0.3) is 0 Å². The molecule has 0 amide bonds. The van der Waals surface area contributed by atoms with Gasteiger partial charge in [-0.05, 0) is 6.92 Å². The normalized spacial score (nSPS) is 11.7. The van der Waals surface area contributed by atoms with Crippen LogP contribution in [0.15, 0.2) is 24.3 Å². The minimum absolute atomic E-state index is 1.11. The highest BCUT2D eigenvalue weighted by Gasteiger charge is 2.52. The number of benzene rings is 5. The Morgan fingerprint density at radius 2 is 0.500 bits per heavy atom. The first-order valence-electron chi connectivity index (χ1n) is 15.0. The van der Waals surface area contributed by atoms with E-state index in [1.54, 1.807) is 0 Å². The monoisotopic (exact) mass is 829 g/mol. The first-order valence-corrected chi connectivity index (χ1v) is 15.0. The molecule has 300 valence electrons. The van der Waals surface area contributed by atoms with E-state index in [0.29, 0.717) is 0 Å². The van der Waals surface area contributed by atoms with Gasteiger partial charge in [-0.3, -0.25) is 0 Å². The van der Waals surface area contributed by atoms with Gasteiger partial charge in [-0.25, -0.2) is 87.8 Å². The lowest BCUT2D eigenvalue weighted by molar-refractivity contribution is -0.872. The van der Waals surface area contributed by atoms with Crippen molar-refractivity contribution in [3.05, 3.63) is 152 Å². The van der Waals surface area contributed by atoms with Crippen LogP contribution in [0.5, 0.6) is 0 Å². The SMILES string of the molecule is Cc1ccc(C[NH+](C)C)cc1.Fc1c(F)c(F)c([B-](c2c(F)c(F)c(F)c(F)c2F)(c2c(F)c(F)c(F)c(F)c2F)c2c(F)c(F)c(F)c(F)c2F)c(F)c1F. The second kappa shape index (κ2) is 15.7. The highest BCUT2D eigenvalue weighted by atomic mass is 19.2. The zero-order valence-electron chi connectivity index (χ0n) is 27.7. The van der Waals surface area contributed by atoms with Crippen LogP contribution in [0, 0.1) is 123 Å². The van der Waals surface area contributed by atoms with E-state index in [4.69, 9.17) is 0 Å². The van der Waals surface area contributed by atoms with Gasteiger partial charge in [0.05, 0.1) is 14.1 Å². The molecule has 5 aromatic rings. The summed E-state index contributed by atoms with van der Waals surface area (Å²) >= 11 is 0. The van der Waals surface area contributed by atoms with E-state index in [2.05, 4.69) is 45.3 Å². The fourth-order valence-electron chi connectivity index (χ4n) is 5.99. The third-order valence-electron chi connectivity index (χ3n) is 8.39. The van der Waals surface area contributed by atoms with Crippen molar-refractivity contribution in [3.63, 3.8) is 0 Å². The van der Waals surface area contributed by atoms with E-state index < -0.39 is 144 Å². The van der Waals surface area contributed by atoms with Crippen molar-refractivity contribution in [2.45, 2.75) is 13.5 Å². The molecular formula is C34H16BF20N. The van der Waals surface area contributed by atoms with Crippen LogP contribution in [0.25, 0.3) is 0 Å². The van der Waals surface area contributed by atoms with Gasteiger partial charge in [-0.2, -0.15) is 0 Å². The van der Waals surface area contributed by atoms with Crippen molar-refractivity contribution < 1.29 is 92.7 Å². The molecule has 0 spiro atoms. The summed E-state index contributed by atoms with van der Waals surface area (Å²) in [5.74, 6) is -71.4. The van der Waals surface area contributed by atoms with E-state index in [9.17, 15) is 52.7 Å². The van der Waals surface area contributed by atoms with Crippen LogP contribution in [0.4, 0.5) is 87.8 Å². The molecule has 5 rings (SSSR count). The average Bonchev–Trinajstić information content (AvgIpc) is 3.15. The van der Waals surface area contributed by atoms with Crippen molar-refractivity contribution in [2.75, 3.05) is 14.1 Å². The molecular weight excluding hydrogens is 813 g/mol. The molecule has 0 saturated carbocycles. The summed E-state index contributed by atoms with van der Waals surface area (Å²) in [6, 6.07) is 8.72. The Morgan fingerprint density at radius 3 is 0.679 bits per heavy atom. The minimum atomic E-state index is -7.22. The molecule has 0 aromatic heterocycles. The van der Waals surface area contributed by atoms with Crippen LogP contribution in [0.3, 0.4) is 0 Å². The first kappa shape index (κ1) is 43.5. The molecule has 0 fully saturated rings. The second-order valence-corrected chi connectivity index (χ2v) is 12.2. The Labute approximate surface area is 300 Å². The Bertz CT molecular complexity index is 2000. The number of hydrogen-bond acceptors (Lipinski definition) is 0. The number of hydrogen-bond donors (Lipinski definition) is 1. The van der Waals surface area contributed by atoms with Gasteiger partial charge in [0, 0.05) is 5.56 Å². The third kappa shape index (κ3) is 6.70. The molecule has 0 radical (unpaired) electrons. The quantitative estimate of drug-likeness (QED) is 0.0866. The molecule has 0 aliphatic heterocycles. The number of quaternary nitrogens is 1. The molecule has 0 unspecified atom stereocenters. The van der Waals surface area contributed by atoms with Crippen molar-refractivity contribution >= 4 is 28.0 Å². The molecule has 0 heterocycles. The number of aryl methyl sites for hydroxylation is 1. The molecule has 0 saturated heterocycles. The van der Waals surface area contributed by atoms with Crippen molar-refractivity contribution in [1.82, 2.24) is 0 Å². The maximum atomic E-state index is 15.4. The van der Waals surface area contributed by atoms with Gasteiger partial charge in [0.2, 0.25) is 0 Å². The molecule has 0 aliphatic rings. The minimum Gasteiger partial charge on any atom is -0.336 e. The number of halogens is 20. The van der Waals surface area contributed by atoms with E-state index in [1.165, 1.54) is 16.0 Å². The molecule has 1 N–H and O–H groups in total. The summed E-state index contributed by atoms with van der Waals surface area (Å²) in [4.78, 5) is 1.47. The highest BCUT2D eigenvalue weighted by molar-refractivity contribution is 7.20. The maximum absolute atomic E-state index is 15.4. The van der Waals surface area contributed by atoms with E-state index in [-0.39, 0.29) is 0 Å². The molecule has 56 heavy (non-hydrogen) atoms. The lowest BCUT2D eigenvalue weighted by Gasteiger charge is -2.44. The van der Waals surface area contributed by atoms with Crippen molar-refractivity contribution in [3.8, 4) is 0 Å². The van der Waals surface area contributed by atoms with Gasteiger partial charge >= 0.3 is 0 Å². The largest absolute Gasteiger partial charge is 0.336 e. The topological polar surface area (TPSA) is 4.44 Å². The van der Waals surface area contributed by atoms with E-state index >= 15 is 35.1 Å². The summed E-state index contributed by atoms with van der Waals surface area (Å²) in [7, 11) is 4.33. The Morgan fingerprint density at radius 1 is 0.321 bits per heavy atom. The lowest BCUT2D eigenvalue weighted by Crippen LogP contribution is -3.04. The predicted octanol–water partition coefficient (Wildman–Crippen LogP) is 6.49. The summed E-state index contributed by atoms with van der Waals surface area (Å²) in [5, 5.41) is 0. The van der Waals surface area contributed by atoms with Gasteiger partial charge < -0.3 is 4.90 Å². The van der Waals surface area contributed by atoms with Crippen LogP contribution >= 0.6 is 0 Å². The smallest absolute Gasteiger partial charge is 0.200 e. The molecule has 0 bridgehead atoms. The Hall–Kier alpha value is -5.28. The standard InChI is InChI=1S/C24BF20.C10H15N/c26-5-1(6(27)14(35)21(42)13(5)34)25(2-7(28)15(36)22(43)16(37)8(2)29,3-9(30)17(38)23(44)18(39)10(3)31)4-11(32)19(40)24(45)20(41)12(4)33;1-9-4-6-10(7-5-9)8-11(2)3/h;4-7H,8H2,1-3H3/q-1;/p+1. The van der Waals surface area contributed by atoms with Crippen molar-refractivity contribution in [2.24, 2.45) is 0 Å². The first-order chi connectivity index (χ1) is 25.9. The van der Waals surface area contributed by atoms with E-state index in [1.807, 2.05) is 0 Å². The van der Waals surface area contributed by atoms with Gasteiger partial charge in [-0.15, -0.1) is 21.9 Å². The van der Waals surface area contributed by atoms with Crippen LogP contribution in [0.2, 0.25) is 0 Å². The lowest BCUT2D eigenvalue weighted by atomic mass is 9.12. The average molecular weight is 829 g/mol. The Balaban J connectivity index is 0.000000544. The molecule has 0 atom stereocenters. The Kier molecular flexibility index (Phi) is 12.2. The zero-order chi connectivity index (χ0) is 42.6. The van der Waals surface area contributed by atoms with Gasteiger partial charge in [-0.1, -0.05) is 29.8 Å². The van der Waals surface area contributed by atoms with Gasteiger partial charge in [0.15, 0.2) is 69.8 Å². The fourth-order valence-corrected chi connectivity index (χ4v) is 5.99. The van der Waals surface area contributed by atoms with Crippen LogP contribution in [-0.2, 0) is 6.54 Å². The molecule has 22 heteroatoms. The molecule has 1 nitrogen and oxygen atoms in total. The molecule has 5 aromatic carbocycles. The summed E-state index contributed by atoms with van der Waals surface area (Å²) in [5.41, 5.74) is -11.6. The summed E-state index contributed by atoms with van der Waals surface area (Å²) < 4.78 is 294. The fraction of sp³-hybridized carbons (Fsp3) is 0.118. The summed E-state index contributed by atoms with van der Waals surface area (Å²) in [6.07, 6.45) is -7.22. The predicted molar refractivity (Wildman–Crippen MR) is 157 cm³/mol. The van der Waals surface area contributed by atoms with E-state index in [0.717, 1.165) is 6.54 Å². The van der Waals surface area contributed by atoms with Gasteiger partial charge in [0.1, 0.15) is 59.2 Å². The van der Waals surface area contributed by atoms with Crippen LogP contribution in [-0.4, -0.2) is 20.2 Å². The summed E-state index contributed by atoms with van der Waals surface area (Å²) in [6.45, 7) is 3.23. The van der Waals surface area contributed by atoms with Crippen LogP contribution < -0.4 is 26.8 Å². The number of nitrogens with one attached hydrogen (secondary N) is 1. The van der Waals surface area contributed by atoms with Crippen molar-refractivity contribution in [1.29, 1.82) is 0 Å². The maximum Gasteiger partial charge on any atom is 0.200 e. The zero-order valence-corrected chi connectivity index (χ0v) is 27.7. The highest BCUT2D eigenvalue weighted by Crippen LogP contribution is 2.30. The third-order valence-corrected chi connectivity index (χ3v) is 8.39.